The lowest BCUT2D eigenvalue weighted by Crippen LogP contribution is -2.49. The number of para-hydroxylation sites is 1. The van der Waals surface area contributed by atoms with E-state index in [2.05, 4.69) is 52.2 Å². The second-order valence-corrected chi connectivity index (χ2v) is 9.44. The van der Waals surface area contributed by atoms with Gasteiger partial charge in [0.05, 0.1) is 5.52 Å². The molecule has 0 unspecified atom stereocenters. The Hall–Kier alpha value is -3.71. The van der Waals surface area contributed by atoms with Crippen molar-refractivity contribution in [2.24, 2.45) is 0 Å². The highest BCUT2D eigenvalue weighted by molar-refractivity contribution is 7.71. The summed E-state index contributed by atoms with van der Waals surface area (Å²) < 4.78 is 0.449. The number of amides is 1. The van der Waals surface area contributed by atoms with Crippen LogP contribution in [0, 0.1) is 18.6 Å². The SMILES string of the molecule is Cc1ccc(C)c(N2CCN(C(=O)c3ccc(CNc4nc(=S)[nH]c5ccccc45)cc3)CC2)c1. The lowest BCUT2D eigenvalue weighted by molar-refractivity contribution is 0.0746. The maximum absolute atomic E-state index is 13.1. The number of anilines is 2. The second-order valence-electron chi connectivity index (χ2n) is 9.06. The number of carbonyl (C=O) groups excluding carboxylic acids is 1. The van der Waals surface area contributed by atoms with Crippen LogP contribution < -0.4 is 10.2 Å². The van der Waals surface area contributed by atoms with Crippen molar-refractivity contribution in [3.63, 3.8) is 0 Å². The van der Waals surface area contributed by atoms with Crippen LogP contribution in [-0.2, 0) is 6.54 Å². The van der Waals surface area contributed by atoms with Gasteiger partial charge in [0.25, 0.3) is 5.91 Å². The molecule has 1 saturated heterocycles. The van der Waals surface area contributed by atoms with Gasteiger partial charge in [0.1, 0.15) is 5.82 Å². The molecular formula is C28H29N5OS. The van der Waals surface area contributed by atoms with Crippen molar-refractivity contribution in [3.8, 4) is 0 Å². The molecule has 0 spiro atoms. The number of hydrogen-bond acceptors (Lipinski definition) is 5. The molecule has 1 fully saturated rings. The molecule has 7 heteroatoms. The van der Waals surface area contributed by atoms with Gasteiger partial charge >= 0.3 is 0 Å². The first-order valence-corrected chi connectivity index (χ1v) is 12.3. The second kappa shape index (κ2) is 9.88. The zero-order valence-corrected chi connectivity index (χ0v) is 20.9. The summed E-state index contributed by atoms with van der Waals surface area (Å²) in [5.74, 6) is 0.846. The van der Waals surface area contributed by atoms with Gasteiger partial charge in [-0.3, -0.25) is 4.79 Å². The van der Waals surface area contributed by atoms with Crippen molar-refractivity contribution in [1.29, 1.82) is 0 Å². The number of aromatic amines is 1. The molecule has 0 atom stereocenters. The van der Waals surface area contributed by atoms with Crippen LogP contribution in [0.4, 0.5) is 11.5 Å². The standard InChI is InChI=1S/C28H29N5OS/c1-19-7-8-20(2)25(17-19)32-13-15-33(16-14-32)27(34)22-11-9-21(10-12-22)18-29-26-23-5-3-4-6-24(23)30-28(35)31-26/h3-12,17H,13-16,18H2,1-2H3,(H2,29,30,31,35). The average molecular weight is 484 g/mol. The number of carbonyl (C=O) groups is 1. The first-order valence-electron chi connectivity index (χ1n) is 11.9. The van der Waals surface area contributed by atoms with Crippen molar-refractivity contribution in [3.05, 3.63) is 93.8 Å². The third-order valence-corrected chi connectivity index (χ3v) is 6.76. The molecule has 0 radical (unpaired) electrons. The van der Waals surface area contributed by atoms with Crippen LogP contribution in [0.15, 0.2) is 66.7 Å². The Balaban J connectivity index is 1.21. The fraction of sp³-hybridized carbons (Fsp3) is 0.250. The lowest BCUT2D eigenvalue weighted by Gasteiger charge is -2.37. The Kier molecular flexibility index (Phi) is 6.51. The number of fused-ring (bicyclic) bond motifs is 1. The highest BCUT2D eigenvalue weighted by atomic mass is 32.1. The van der Waals surface area contributed by atoms with Crippen LogP contribution in [0.5, 0.6) is 0 Å². The van der Waals surface area contributed by atoms with Gasteiger partial charge in [-0.15, -0.1) is 0 Å². The lowest BCUT2D eigenvalue weighted by atomic mass is 10.1. The minimum atomic E-state index is 0.0899. The van der Waals surface area contributed by atoms with E-state index in [9.17, 15) is 4.79 Å². The Morgan fingerprint density at radius 2 is 1.74 bits per heavy atom. The van der Waals surface area contributed by atoms with E-state index in [0.717, 1.165) is 54.0 Å². The first kappa shape index (κ1) is 23.1. The van der Waals surface area contributed by atoms with Crippen LogP contribution in [0.25, 0.3) is 10.9 Å². The molecule has 2 heterocycles. The molecule has 178 valence electrons. The molecule has 1 aliphatic heterocycles. The molecule has 6 nitrogen and oxygen atoms in total. The summed E-state index contributed by atoms with van der Waals surface area (Å²) in [5, 5.41) is 4.38. The Morgan fingerprint density at radius 3 is 2.51 bits per heavy atom. The number of rotatable bonds is 5. The van der Waals surface area contributed by atoms with Gasteiger partial charge < -0.3 is 20.1 Å². The fourth-order valence-electron chi connectivity index (χ4n) is 4.58. The normalized spacial score (nSPS) is 13.8. The van der Waals surface area contributed by atoms with Crippen LogP contribution in [0.2, 0.25) is 0 Å². The smallest absolute Gasteiger partial charge is 0.253 e. The summed E-state index contributed by atoms with van der Waals surface area (Å²) in [6, 6.07) is 22.3. The molecule has 1 aliphatic rings. The number of aryl methyl sites for hydroxylation is 2. The fourth-order valence-corrected chi connectivity index (χ4v) is 4.78. The molecular weight excluding hydrogens is 454 g/mol. The van der Waals surface area contributed by atoms with E-state index >= 15 is 0 Å². The van der Waals surface area contributed by atoms with Gasteiger partial charge in [0, 0.05) is 49.4 Å². The predicted octanol–water partition coefficient (Wildman–Crippen LogP) is 5.48. The van der Waals surface area contributed by atoms with Crippen LogP contribution in [0.3, 0.4) is 0 Å². The number of benzene rings is 3. The van der Waals surface area contributed by atoms with Crippen molar-refractivity contribution in [2.75, 3.05) is 36.4 Å². The number of H-pyrrole nitrogens is 1. The van der Waals surface area contributed by atoms with E-state index in [1.807, 2.05) is 53.4 Å². The summed E-state index contributed by atoms with van der Waals surface area (Å²) in [7, 11) is 0. The number of hydrogen-bond donors (Lipinski definition) is 2. The number of nitrogens with zero attached hydrogens (tertiary/aromatic N) is 3. The molecule has 5 rings (SSSR count). The van der Waals surface area contributed by atoms with Gasteiger partial charge in [0.2, 0.25) is 0 Å². The number of aromatic nitrogens is 2. The zero-order valence-electron chi connectivity index (χ0n) is 20.0. The number of nitrogens with one attached hydrogen (secondary N) is 2. The molecule has 35 heavy (non-hydrogen) atoms. The van der Waals surface area contributed by atoms with Gasteiger partial charge in [0.15, 0.2) is 4.77 Å². The minimum Gasteiger partial charge on any atom is -0.368 e. The third kappa shape index (κ3) is 5.05. The molecule has 0 saturated carbocycles. The van der Waals surface area contributed by atoms with Gasteiger partial charge in [-0.2, -0.15) is 0 Å². The number of piperazine rings is 1. The van der Waals surface area contributed by atoms with Crippen molar-refractivity contribution in [1.82, 2.24) is 14.9 Å². The zero-order chi connectivity index (χ0) is 24.4. The Bertz CT molecular complexity index is 1420. The molecule has 1 amide bonds. The summed E-state index contributed by atoms with van der Waals surface area (Å²) in [5.41, 5.74) is 6.56. The maximum atomic E-state index is 13.1. The average Bonchev–Trinajstić information content (AvgIpc) is 2.88. The van der Waals surface area contributed by atoms with Crippen LogP contribution in [-0.4, -0.2) is 47.0 Å². The summed E-state index contributed by atoms with van der Waals surface area (Å²) in [4.78, 5) is 25.0. The van der Waals surface area contributed by atoms with E-state index in [1.54, 1.807) is 0 Å². The highest BCUT2D eigenvalue weighted by Crippen LogP contribution is 2.24. The topological polar surface area (TPSA) is 64.3 Å². The summed E-state index contributed by atoms with van der Waals surface area (Å²) in [6.45, 7) is 8.00. The van der Waals surface area contributed by atoms with Crippen LogP contribution in [0.1, 0.15) is 27.0 Å². The summed E-state index contributed by atoms with van der Waals surface area (Å²) in [6.07, 6.45) is 0. The van der Waals surface area contributed by atoms with Gasteiger partial charge in [-0.1, -0.05) is 36.4 Å². The van der Waals surface area contributed by atoms with Crippen molar-refractivity contribution < 1.29 is 4.79 Å². The molecule has 2 N–H and O–H groups in total. The maximum Gasteiger partial charge on any atom is 0.253 e. The molecule has 4 aromatic rings. The first-order chi connectivity index (χ1) is 17.0. The minimum absolute atomic E-state index is 0.0899. The predicted molar refractivity (Wildman–Crippen MR) is 145 cm³/mol. The third-order valence-electron chi connectivity index (χ3n) is 6.57. The largest absolute Gasteiger partial charge is 0.368 e. The van der Waals surface area contributed by atoms with Crippen molar-refractivity contribution >= 4 is 40.5 Å². The quantitative estimate of drug-likeness (QED) is 0.368. The van der Waals surface area contributed by atoms with E-state index in [1.165, 1.54) is 16.8 Å². The molecule has 0 aliphatic carbocycles. The van der Waals surface area contributed by atoms with Crippen molar-refractivity contribution in [2.45, 2.75) is 20.4 Å². The monoisotopic (exact) mass is 483 g/mol. The van der Waals surface area contributed by atoms with Crippen LogP contribution >= 0.6 is 12.2 Å². The van der Waals surface area contributed by atoms with E-state index in [-0.39, 0.29) is 5.91 Å². The Labute approximate surface area is 210 Å². The van der Waals surface area contributed by atoms with Gasteiger partial charge in [-0.05, 0) is 73.1 Å². The van der Waals surface area contributed by atoms with E-state index in [0.29, 0.717) is 11.3 Å². The molecule has 0 bridgehead atoms. The van der Waals surface area contributed by atoms with E-state index in [4.69, 9.17) is 12.2 Å². The highest BCUT2D eigenvalue weighted by Gasteiger charge is 2.23. The molecule has 1 aromatic heterocycles. The Morgan fingerprint density at radius 1 is 1.00 bits per heavy atom. The summed E-state index contributed by atoms with van der Waals surface area (Å²) >= 11 is 5.26. The van der Waals surface area contributed by atoms with Gasteiger partial charge in [-0.25, -0.2) is 4.98 Å². The molecule has 3 aromatic carbocycles. The van der Waals surface area contributed by atoms with E-state index < -0.39 is 0 Å².